The van der Waals surface area contributed by atoms with E-state index in [9.17, 15) is 4.79 Å². The number of benzene rings is 1. The topological polar surface area (TPSA) is 54.5 Å². The number of carbonyl (C=O) groups is 1. The van der Waals surface area contributed by atoms with Crippen molar-refractivity contribution in [1.29, 1.82) is 0 Å². The molecular weight excluding hydrogens is 394 g/mol. The van der Waals surface area contributed by atoms with Crippen molar-refractivity contribution in [2.75, 3.05) is 32.0 Å². The number of amides is 1. The molecule has 0 saturated carbocycles. The van der Waals surface area contributed by atoms with Gasteiger partial charge in [-0.3, -0.25) is 14.7 Å². The fourth-order valence-corrected chi connectivity index (χ4v) is 4.04. The average molecular weight is 420 g/mol. The van der Waals surface area contributed by atoms with E-state index in [1.54, 1.807) is 18.0 Å². The van der Waals surface area contributed by atoms with Gasteiger partial charge < -0.3 is 10.1 Å². The van der Waals surface area contributed by atoms with E-state index in [1.165, 1.54) is 0 Å². The van der Waals surface area contributed by atoms with Gasteiger partial charge in [0.2, 0.25) is 5.91 Å². The molecule has 7 heteroatoms. The monoisotopic (exact) mass is 419 g/mol. The van der Waals surface area contributed by atoms with E-state index in [0.717, 1.165) is 49.5 Å². The van der Waals surface area contributed by atoms with Crippen LogP contribution in [-0.2, 0) is 10.5 Å². The fraction of sp³-hybridized carbons (Fsp3) is 0.429. The number of hydrogen-bond acceptors (Lipinski definition) is 5. The number of likely N-dealkylation sites (tertiary alicyclic amines) is 1. The predicted octanol–water partition coefficient (Wildman–Crippen LogP) is 3.63. The quantitative estimate of drug-likeness (QED) is 0.672. The number of ether oxygens (including phenoxy) is 1. The Morgan fingerprint density at radius 1 is 1.25 bits per heavy atom. The number of nitrogens with one attached hydrogen (secondary N) is 1. The van der Waals surface area contributed by atoms with Gasteiger partial charge in [-0.15, -0.1) is 11.8 Å². The first-order valence-corrected chi connectivity index (χ1v) is 11.1. The molecule has 28 heavy (non-hydrogen) atoms. The van der Waals surface area contributed by atoms with Crippen LogP contribution in [0.2, 0.25) is 5.02 Å². The van der Waals surface area contributed by atoms with Gasteiger partial charge in [0.15, 0.2) is 0 Å². The molecule has 1 aliphatic rings. The van der Waals surface area contributed by atoms with Gasteiger partial charge >= 0.3 is 0 Å². The van der Waals surface area contributed by atoms with Gasteiger partial charge in [-0.1, -0.05) is 17.7 Å². The molecular formula is C21H26ClN3O2S. The predicted molar refractivity (Wildman–Crippen MR) is 115 cm³/mol. The molecule has 2 aromatic rings. The van der Waals surface area contributed by atoms with Gasteiger partial charge in [0.25, 0.3) is 0 Å². The van der Waals surface area contributed by atoms with Crippen molar-refractivity contribution in [3.05, 3.63) is 59.4 Å². The third kappa shape index (κ3) is 7.34. The summed E-state index contributed by atoms with van der Waals surface area (Å²) < 4.78 is 5.76. The highest BCUT2D eigenvalue weighted by atomic mass is 35.5. The van der Waals surface area contributed by atoms with Gasteiger partial charge in [0.1, 0.15) is 12.4 Å². The molecule has 3 rings (SSSR count). The molecule has 0 aliphatic carbocycles. The number of piperidine rings is 1. The SMILES string of the molecule is O=C(CSCc1cccnc1)NC1CCN(CCOc2ccc(Cl)cc2)CC1. The molecule has 1 saturated heterocycles. The number of halogens is 1. The molecule has 1 aliphatic heterocycles. The first-order chi connectivity index (χ1) is 13.7. The average Bonchev–Trinajstić information content (AvgIpc) is 2.72. The van der Waals surface area contributed by atoms with Crippen molar-refractivity contribution in [3.63, 3.8) is 0 Å². The summed E-state index contributed by atoms with van der Waals surface area (Å²) in [5, 5.41) is 3.88. The molecule has 5 nitrogen and oxygen atoms in total. The van der Waals surface area contributed by atoms with Crippen LogP contribution >= 0.6 is 23.4 Å². The van der Waals surface area contributed by atoms with Crippen LogP contribution < -0.4 is 10.1 Å². The van der Waals surface area contributed by atoms with E-state index in [-0.39, 0.29) is 11.9 Å². The summed E-state index contributed by atoms with van der Waals surface area (Å²) in [6, 6.07) is 11.7. The molecule has 0 atom stereocenters. The van der Waals surface area contributed by atoms with Gasteiger partial charge in [-0.2, -0.15) is 0 Å². The van der Waals surface area contributed by atoms with Crippen molar-refractivity contribution >= 4 is 29.3 Å². The normalized spacial score (nSPS) is 15.3. The second-order valence-corrected chi connectivity index (χ2v) is 8.26. The van der Waals surface area contributed by atoms with Gasteiger partial charge in [0.05, 0.1) is 5.75 Å². The Balaban J connectivity index is 1.26. The molecule has 1 N–H and O–H groups in total. The summed E-state index contributed by atoms with van der Waals surface area (Å²) in [7, 11) is 0. The van der Waals surface area contributed by atoms with Crippen LogP contribution in [0.5, 0.6) is 5.75 Å². The minimum Gasteiger partial charge on any atom is -0.492 e. The molecule has 0 bridgehead atoms. The summed E-state index contributed by atoms with van der Waals surface area (Å²) in [6.07, 6.45) is 5.58. The second-order valence-electron chi connectivity index (χ2n) is 6.84. The zero-order chi connectivity index (χ0) is 19.6. The van der Waals surface area contributed by atoms with Crippen molar-refractivity contribution in [2.24, 2.45) is 0 Å². The zero-order valence-electron chi connectivity index (χ0n) is 15.9. The van der Waals surface area contributed by atoms with E-state index in [1.807, 2.05) is 42.6 Å². The Labute approximate surface area is 175 Å². The Bertz CT molecular complexity index is 722. The first-order valence-electron chi connectivity index (χ1n) is 9.56. The van der Waals surface area contributed by atoms with Crippen molar-refractivity contribution in [1.82, 2.24) is 15.2 Å². The summed E-state index contributed by atoms with van der Waals surface area (Å²) >= 11 is 7.50. The summed E-state index contributed by atoms with van der Waals surface area (Å²) in [6.45, 7) is 3.52. The van der Waals surface area contributed by atoms with Crippen LogP contribution in [0.15, 0.2) is 48.8 Å². The molecule has 150 valence electrons. The molecule has 1 fully saturated rings. The van der Waals surface area contributed by atoms with Crippen LogP contribution in [0.4, 0.5) is 0 Å². The molecule has 0 spiro atoms. The molecule has 0 unspecified atom stereocenters. The summed E-state index contributed by atoms with van der Waals surface area (Å²) in [5.74, 6) is 2.27. The minimum absolute atomic E-state index is 0.124. The highest BCUT2D eigenvalue weighted by molar-refractivity contribution is 7.99. The maximum atomic E-state index is 12.1. The Morgan fingerprint density at radius 3 is 2.75 bits per heavy atom. The first kappa shape index (κ1) is 21.0. The van der Waals surface area contributed by atoms with Crippen molar-refractivity contribution in [2.45, 2.75) is 24.6 Å². The molecule has 1 aromatic carbocycles. The van der Waals surface area contributed by atoms with E-state index in [2.05, 4.69) is 15.2 Å². The molecule has 1 amide bonds. The van der Waals surface area contributed by atoms with Gasteiger partial charge in [-0.25, -0.2) is 0 Å². The number of aromatic nitrogens is 1. The highest BCUT2D eigenvalue weighted by Gasteiger charge is 2.20. The lowest BCUT2D eigenvalue weighted by Crippen LogP contribution is -2.46. The number of nitrogens with zero attached hydrogens (tertiary/aromatic N) is 2. The number of rotatable bonds is 9. The van der Waals surface area contributed by atoms with Crippen LogP contribution in [0.1, 0.15) is 18.4 Å². The highest BCUT2D eigenvalue weighted by Crippen LogP contribution is 2.16. The zero-order valence-corrected chi connectivity index (χ0v) is 17.4. The van der Waals surface area contributed by atoms with E-state index in [0.29, 0.717) is 17.4 Å². The van der Waals surface area contributed by atoms with Crippen LogP contribution in [0, 0.1) is 0 Å². The minimum atomic E-state index is 0.124. The third-order valence-electron chi connectivity index (χ3n) is 4.67. The standard InChI is InChI=1S/C21H26ClN3O2S/c22-18-3-5-20(6-4-18)27-13-12-25-10-7-19(8-11-25)24-21(26)16-28-15-17-2-1-9-23-14-17/h1-6,9,14,19H,7-8,10-13,15-16H2,(H,24,26). The van der Waals surface area contributed by atoms with E-state index < -0.39 is 0 Å². The van der Waals surface area contributed by atoms with Crippen LogP contribution in [0.25, 0.3) is 0 Å². The molecule has 1 aromatic heterocycles. The number of pyridine rings is 1. The molecule has 0 radical (unpaired) electrons. The number of carbonyl (C=O) groups excluding carboxylic acids is 1. The van der Waals surface area contributed by atoms with Gasteiger partial charge in [0, 0.05) is 48.8 Å². The molecule has 2 heterocycles. The Morgan fingerprint density at radius 2 is 2.04 bits per heavy atom. The largest absolute Gasteiger partial charge is 0.492 e. The maximum absolute atomic E-state index is 12.1. The van der Waals surface area contributed by atoms with E-state index in [4.69, 9.17) is 16.3 Å². The number of hydrogen-bond donors (Lipinski definition) is 1. The van der Waals surface area contributed by atoms with Crippen molar-refractivity contribution in [3.8, 4) is 5.75 Å². The second kappa shape index (κ2) is 11.3. The smallest absolute Gasteiger partial charge is 0.230 e. The van der Waals surface area contributed by atoms with Crippen molar-refractivity contribution < 1.29 is 9.53 Å². The van der Waals surface area contributed by atoms with E-state index >= 15 is 0 Å². The lowest BCUT2D eigenvalue weighted by Gasteiger charge is -2.32. The number of thioether (sulfide) groups is 1. The Hall–Kier alpha value is -1.76. The third-order valence-corrected chi connectivity index (χ3v) is 5.92. The lowest BCUT2D eigenvalue weighted by atomic mass is 10.1. The summed E-state index contributed by atoms with van der Waals surface area (Å²) in [4.78, 5) is 18.6. The maximum Gasteiger partial charge on any atom is 0.230 e. The summed E-state index contributed by atoms with van der Waals surface area (Å²) in [5.41, 5.74) is 1.15. The lowest BCUT2D eigenvalue weighted by molar-refractivity contribution is -0.119. The van der Waals surface area contributed by atoms with Gasteiger partial charge in [-0.05, 0) is 48.7 Å². The van der Waals surface area contributed by atoms with Crippen LogP contribution in [0.3, 0.4) is 0 Å². The fourth-order valence-electron chi connectivity index (χ4n) is 3.14. The Kier molecular flexibility index (Phi) is 8.45. The van der Waals surface area contributed by atoms with Crippen LogP contribution in [-0.4, -0.2) is 53.8 Å².